The molecule has 154 valence electrons. The van der Waals surface area contributed by atoms with Crippen LogP contribution in [0.3, 0.4) is 0 Å². The van der Waals surface area contributed by atoms with E-state index >= 15 is 0 Å². The van der Waals surface area contributed by atoms with E-state index in [2.05, 4.69) is 16.0 Å². The van der Waals surface area contributed by atoms with Crippen LogP contribution in [0, 0.1) is 0 Å². The van der Waals surface area contributed by atoms with Gasteiger partial charge in [-0.1, -0.05) is 13.0 Å². The Hall–Kier alpha value is -3.61. The molecule has 0 atom stereocenters. The van der Waals surface area contributed by atoms with E-state index in [4.69, 9.17) is 4.74 Å². The summed E-state index contributed by atoms with van der Waals surface area (Å²) < 4.78 is 6.19. The standard InChI is InChI=1S/C23H23N3O4/c1-3-19(24-16-8-7-14-5-4-6-15(14)13-16)20-21(27)25-23(29)26(22(20)28)17-9-11-18(30-2)12-10-17/h7-13,28H,3-6H2,1-2H3,(H,25,27,29). The number of aromatic amines is 1. The van der Waals surface area contributed by atoms with Crippen LogP contribution in [-0.4, -0.2) is 27.5 Å². The summed E-state index contributed by atoms with van der Waals surface area (Å²) in [5.41, 5.74) is 2.76. The molecule has 2 N–H and O–H groups in total. The molecule has 1 aliphatic rings. The summed E-state index contributed by atoms with van der Waals surface area (Å²) in [6.07, 6.45) is 3.65. The van der Waals surface area contributed by atoms with Gasteiger partial charge in [-0.05, 0) is 73.2 Å². The molecule has 0 radical (unpaired) electrons. The minimum absolute atomic E-state index is 0.00610. The summed E-state index contributed by atoms with van der Waals surface area (Å²) >= 11 is 0. The molecule has 0 saturated heterocycles. The van der Waals surface area contributed by atoms with Crippen molar-refractivity contribution in [3.63, 3.8) is 0 Å². The Morgan fingerprint density at radius 3 is 2.57 bits per heavy atom. The zero-order valence-electron chi connectivity index (χ0n) is 16.9. The quantitative estimate of drug-likeness (QED) is 0.637. The third kappa shape index (κ3) is 3.54. The zero-order valence-corrected chi connectivity index (χ0v) is 16.9. The maximum absolute atomic E-state index is 12.6. The molecule has 0 bridgehead atoms. The average Bonchev–Trinajstić information content (AvgIpc) is 3.21. The molecule has 2 aromatic carbocycles. The van der Waals surface area contributed by atoms with Gasteiger partial charge in [-0.3, -0.25) is 14.8 Å². The number of fused-ring (bicyclic) bond motifs is 1. The van der Waals surface area contributed by atoms with Gasteiger partial charge in [-0.25, -0.2) is 9.36 Å². The van der Waals surface area contributed by atoms with Crippen molar-refractivity contribution in [2.45, 2.75) is 32.6 Å². The molecule has 3 aromatic rings. The molecular formula is C23H23N3O4. The van der Waals surface area contributed by atoms with E-state index in [1.165, 1.54) is 11.1 Å². The number of ether oxygens (including phenoxy) is 1. The number of aromatic hydroxyl groups is 1. The predicted molar refractivity (Wildman–Crippen MR) is 116 cm³/mol. The Morgan fingerprint density at radius 2 is 1.87 bits per heavy atom. The number of nitrogens with zero attached hydrogens (tertiary/aromatic N) is 2. The topological polar surface area (TPSA) is 96.7 Å². The van der Waals surface area contributed by atoms with Crippen molar-refractivity contribution in [3.8, 4) is 17.3 Å². The highest BCUT2D eigenvalue weighted by atomic mass is 16.5. The fraction of sp³-hybridized carbons (Fsp3) is 0.261. The lowest BCUT2D eigenvalue weighted by atomic mass is 10.1. The van der Waals surface area contributed by atoms with Crippen LogP contribution in [0.15, 0.2) is 57.0 Å². The van der Waals surface area contributed by atoms with Gasteiger partial charge in [-0.2, -0.15) is 0 Å². The summed E-state index contributed by atoms with van der Waals surface area (Å²) in [6, 6.07) is 12.6. The maximum atomic E-state index is 12.6. The maximum Gasteiger partial charge on any atom is 0.335 e. The van der Waals surface area contributed by atoms with Crippen molar-refractivity contribution in [1.82, 2.24) is 9.55 Å². The molecule has 1 heterocycles. The van der Waals surface area contributed by atoms with Crippen molar-refractivity contribution in [3.05, 3.63) is 80.0 Å². The number of hydrogen-bond acceptors (Lipinski definition) is 5. The molecule has 0 saturated carbocycles. The number of aromatic nitrogens is 2. The predicted octanol–water partition coefficient (Wildman–Crippen LogP) is 3.26. The van der Waals surface area contributed by atoms with Crippen LogP contribution >= 0.6 is 0 Å². The van der Waals surface area contributed by atoms with Crippen LogP contribution in [0.2, 0.25) is 0 Å². The minimum atomic E-state index is -0.723. The Balaban J connectivity index is 1.84. The van der Waals surface area contributed by atoms with Crippen molar-refractivity contribution in [2.24, 2.45) is 4.99 Å². The van der Waals surface area contributed by atoms with Gasteiger partial charge in [0, 0.05) is 0 Å². The van der Waals surface area contributed by atoms with E-state index in [0.29, 0.717) is 23.6 Å². The van der Waals surface area contributed by atoms with E-state index in [-0.39, 0.29) is 5.56 Å². The lowest BCUT2D eigenvalue weighted by molar-refractivity contribution is 0.414. The normalized spacial score (nSPS) is 13.3. The zero-order chi connectivity index (χ0) is 21.3. The largest absolute Gasteiger partial charge is 0.497 e. The smallest absolute Gasteiger partial charge is 0.335 e. The first-order valence-electron chi connectivity index (χ1n) is 9.94. The SMILES string of the molecule is CCC(=Nc1ccc2c(c1)CCC2)c1c(O)n(-c2ccc(OC)cc2)c(=O)[nH]c1=O. The molecule has 0 fully saturated rings. The van der Waals surface area contributed by atoms with Crippen molar-refractivity contribution < 1.29 is 9.84 Å². The number of H-pyrrole nitrogens is 1. The Bertz CT molecular complexity index is 1240. The highest BCUT2D eigenvalue weighted by Crippen LogP contribution is 2.28. The molecule has 30 heavy (non-hydrogen) atoms. The van der Waals surface area contributed by atoms with Crippen molar-refractivity contribution in [1.29, 1.82) is 0 Å². The summed E-state index contributed by atoms with van der Waals surface area (Å²) in [7, 11) is 1.54. The van der Waals surface area contributed by atoms with E-state index in [1.54, 1.807) is 31.4 Å². The number of aryl methyl sites for hydroxylation is 2. The van der Waals surface area contributed by atoms with Crippen LogP contribution in [0.25, 0.3) is 5.69 Å². The van der Waals surface area contributed by atoms with E-state index in [0.717, 1.165) is 29.5 Å². The van der Waals surface area contributed by atoms with Crippen LogP contribution in [-0.2, 0) is 12.8 Å². The van der Waals surface area contributed by atoms with Crippen molar-refractivity contribution >= 4 is 11.4 Å². The number of methoxy groups -OCH3 is 1. The average molecular weight is 405 g/mol. The van der Waals surface area contributed by atoms with Gasteiger partial charge in [0.2, 0.25) is 5.88 Å². The van der Waals surface area contributed by atoms with Gasteiger partial charge in [0.15, 0.2) is 0 Å². The van der Waals surface area contributed by atoms with Crippen LogP contribution in [0.1, 0.15) is 36.5 Å². The molecule has 1 aromatic heterocycles. The van der Waals surface area contributed by atoms with Gasteiger partial charge >= 0.3 is 5.69 Å². The first-order valence-corrected chi connectivity index (χ1v) is 9.94. The molecule has 4 rings (SSSR count). The summed E-state index contributed by atoms with van der Waals surface area (Å²) in [6.45, 7) is 1.86. The number of nitrogens with one attached hydrogen (secondary N) is 1. The highest BCUT2D eigenvalue weighted by Gasteiger charge is 2.20. The van der Waals surface area contributed by atoms with Gasteiger partial charge < -0.3 is 9.84 Å². The first kappa shape index (κ1) is 19.7. The van der Waals surface area contributed by atoms with Crippen LogP contribution in [0.5, 0.6) is 11.6 Å². The molecule has 0 amide bonds. The van der Waals surface area contributed by atoms with E-state index in [1.807, 2.05) is 19.1 Å². The molecule has 7 heteroatoms. The molecular weight excluding hydrogens is 382 g/mol. The van der Waals surface area contributed by atoms with Crippen molar-refractivity contribution in [2.75, 3.05) is 7.11 Å². The van der Waals surface area contributed by atoms with Gasteiger partial charge in [0.1, 0.15) is 11.3 Å². The fourth-order valence-electron chi connectivity index (χ4n) is 3.85. The second-order valence-electron chi connectivity index (χ2n) is 7.21. The summed E-state index contributed by atoms with van der Waals surface area (Å²) in [5, 5.41) is 10.9. The number of aliphatic imine (C=N–C) groups is 1. The second-order valence-corrected chi connectivity index (χ2v) is 7.21. The molecule has 0 unspecified atom stereocenters. The molecule has 1 aliphatic carbocycles. The lowest BCUT2D eigenvalue weighted by Gasteiger charge is -2.13. The minimum Gasteiger partial charge on any atom is -0.497 e. The lowest BCUT2D eigenvalue weighted by Crippen LogP contribution is -2.33. The number of benzene rings is 2. The Labute approximate surface area is 173 Å². The number of hydrogen-bond donors (Lipinski definition) is 2. The number of rotatable bonds is 5. The molecule has 0 spiro atoms. The molecule has 7 nitrogen and oxygen atoms in total. The second kappa shape index (κ2) is 8.02. The molecule has 0 aliphatic heterocycles. The fourth-order valence-corrected chi connectivity index (χ4v) is 3.85. The van der Waals surface area contributed by atoms with Gasteiger partial charge in [0.05, 0.1) is 24.2 Å². The third-order valence-corrected chi connectivity index (χ3v) is 5.39. The van der Waals surface area contributed by atoms with Gasteiger partial charge in [-0.15, -0.1) is 0 Å². The van der Waals surface area contributed by atoms with E-state index < -0.39 is 17.1 Å². The first-order chi connectivity index (χ1) is 14.5. The monoisotopic (exact) mass is 405 g/mol. The highest BCUT2D eigenvalue weighted by molar-refractivity contribution is 6.03. The Morgan fingerprint density at radius 1 is 1.13 bits per heavy atom. The van der Waals surface area contributed by atoms with Crippen LogP contribution < -0.4 is 16.0 Å². The summed E-state index contributed by atoms with van der Waals surface area (Å²) in [5.74, 6) is 0.180. The van der Waals surface area contributed by atoms with Gasteiger partial charge in [0.25, 0.3) is 5.56 Å². The van der Waals surface area contributed by atoms with Crippen LogP contribution in [0.4, 0.5) is 5.69 Å². The Kier molecular flexibility index (Phi) is 5.27. The third-order valence-electron chi connectivity index (χ3n) is 5.39. The van der Waals surface area contributed by atoms with E-state index in [9.17, 15) is 14.7 Å². The summed E-state index contributed by atoms with van der Waals surface area (Å²) in [4.78, 5) is 32.0.